The number of alkyl halides is 1. The first-order valence-electron chi connectivity index (χ1n) is 6.67. The fourth-order valence-electron chi connectivity index (χ4n) is 2.50. The highest BCUT2D eigenvalue weighted by Gasteiger charge is 2.33. The van der Waals surface area contributed by atoms with Gasteiger partial charge in [-0.2, -0.15) is 0 Å². The molecule has 0 saturated carbocycles. The van der Waals surface area contributed by atoms with Crippen molar-refractivity contribution in [2.24, 2.45) is 0 Å². The summed E-state index contributed by atoms with van der Waals surface area (Å²) >= 11 is 7.12. The Morgan fingerprint density at radius 1 is 0.476 bits per heavy atom. The third-order valence-electron chi connectivity index (χ3n) is 3.51. The summed E-state index contributed by atoms with van der Waals surface area (Å²) in [6.07, 6.45) is 0. The van der Waals surface area contributed by atoms with Gasteiger partial charge in [0.2, 0.25) is 0 Å². The van der Waals surface area contributed by atoms with Gasteiger partial charge in [0.1, 0.15) is 4.87 Å². The van der Waals surface area contributed by atoms with Gasteiger partial charge in [-0.3, -0.25) is 0 Å². The first kappa shape index (κ1) is 15.3. The number of halogens is 1. The molecule has 0 aliphatic carbocycles. The Morgan fingerprint density at radius 3 is 0.952 bits per heavy atom. The summed E-state index contributed by atoms with van der Waals surface area (Å²) in [5, 5.41) is 0. The third kappa shape index (κ3) is 2.85. The predicted octanol–water partition coefficient (Wildman–Crippen LogP) is 4.39. The smallest absolute Gasteiger partial charge is 0.119 e. The van der Waals surface area contributed by atoms with Crippen molar-refractivity contribution in [3.8, 4) is 0 Å². The maximum Gasteiger partial charge on any atom is 0.119 e. The Hall–Kier alpha value is -2.09. The first-order chi connectivity index (χ1) is 9.82. The van der Waals surface area contributed by atoms with E-state index in [4.69, 9.17) is 11.6 Å². The lowest BCUT2D eigenvalue weighted by atomic mass is 9.84. The van der Waals surface area contributed by atoms with Crippen molar-refractivity contribution >= 4 is 11.6 Å². The van der Waals surface area contributed by atoms with Gasteiger partial charge < -0.3 is 5.48 Å². The van der Waals surface area contributed by atoms with E-state index in [1.54, 1.807) is 0 Å². The minimum absolute atomic E-state index is 0. The van der Waals surface area contributed by atoms with Gasteiger partial charge in [-0.1, -0.05) is 91.0 Å². The van der Waals surface area contributed by atoms with Crippen LogP contribution in [0.2, 0.25) is 0 Å². The number of hydrogen-bond acceptors (Lipinski definition) is 0. The highest BCUT2D eigenvalue weighted by Crippen LogP contribution is 2.42. The topological polar surface area (TPSA) is 31.5 Å². The first-order valence-corrected chi connectivity index (χ1v) is 7.05. The lowest BCUT2D eigenvalue weighted by Gasteiger charge is -2.29. The van der Waals surface area contributed by atoms with Crippen molar-refractivity contribution in [3.05, 3.63) is 108 Å². The normalized spacial score (nSPS) is 10.7. The number of rotatable bonds is 3. The number of benzene rings is 3. The molecule has 106 valence electrons. The van der Waals surface area contributed by atoms with Gasteiger partial charge in [-0.15, -0.1) is 11.6 Å². The van der Waals surface area contributed by atoms with Crippen LogP contribution < -0.4 is 0 Å². The van der Waals surface area contributed by atoms with Crippen LogP contribution in [0.4, 0.5) is 0 Å². The average Bonchev–Trinajstić information content (AvgIpc) is 2.56. The summed E-state index contributed by atoms with van der Waals surface area (Å²) in [6, 6.07) is 30.6. The second kappa shape index (κ2) is 6.57. The molecule has 0 aliphatic rings. The molecule has 0 aliphatic heterocycles. The van der Waals surface area contributed by atoms with E-state index in [-0.39, 0.29) is 5.48 Å². The van der Waals surface area contributed by atoms with Crippen molar-refractivity contribution in [2.75, 3.05) is 0 Å². The van der Waals surface area contributed by atoms with Gasteiger partial charge in [0.25, 0.3) is 0 Å². The van der Waals surface area contributed by atoms with E-state index < -0.39 is 4.87 Å². The quantitative estimate of drug-likeness (QED) is 0.507. The molecule has 0 aromatic heterocycles. The van der Waals surface area contributed by atoms with Gasteiger partial charge in [-0.25, -0.2) is 0 Å². The van der Waals surface area contributed by atoms with Crippen molar-refractivity contribution in [1.82, 2.24) is 0 Å². The summed E-state index contributed by atoms with van der Waals surface area (Å²) in [4.78, 5) is -0.649. The Bertz CT molecular complexity index is 569. The van der Waals surface area contributed by atoms with Gasteiger partial charge in [0, 0.05) is 0 Å². The molecule has 3 rings (SSSR count). The maximum absolute atomic E-state index is 7.12. The summed E-state index contributed by atoms with van der Waals surface area (Å²) in [7, 11) is 0. The molecule has 0 amide bonds. The summed E-state index contributed by atoms with van der Waals surface area (Å²) in [6.45, 7) is 0. The fourth-order valence-corrected chi connectivity index (χ4v) is 2.88. The van der Waals surface area contributed by atoms with E-state index in [2.05, 4.69) is 36.4 Å². The van der Waals surface area contributed by atoms with Crippen LogP contribution in [0.1, 0.15) is 16.7 Å². The Morgan fingerprint density at radius 2 is 0.714 bits per heavy atom. The van der Waals surface area contributed by atoms with Gasteiger partial charge >= 0.3 is 0 Å². The highest BCUT2D eigenvalue weighted by molar-refractivity contribution is 6.28. The molecule has 0 heterocycles. The fraction of sp³-hybridized carbons (Fsp3) is 0.0526. The van der Waals surface area contributed by atoms with Crippen LogP contribution in [-0.2, 0) is 4.87 Å². The molecule has 0 bridgehead atoms. The van der Waals surface area contributed by atoms with Crippen molar-refractivity contribution in [3.63, 3.8) is 0 Å². The summed E-state index contributed by atoms with van der Waals surface area (Å²) in [5.74, 6) is 0. The van der Waals surface area contributed by atoms with Crippen molar-refractivity contribution in [2.45, 2.75) is 4.87 Å². The molecule has 0 unspecified atom stereocenters. The third-order valence-corrected chi connectivity index (χ3v) is 4.17. The van der Waals surface area contributed by atoms with Crippen LogP contribution in [0.5, 0.6) is 0 Å². The van der Waals surface area contributed by atoms with Crippen LogP contribution in [0.25, 0.3) is 0 Å². The monoisotopic (exact) mass is 296 g/mol. The predicted molar refractivity (Wildman–Crippen MR) is 88.7 cm³/mol. The maximum atomic E-state index is 7.12. The van der Waals surface area contributed by atoms with Crippen molar-refractivity contribution in [1.29, 1.82) is 0 Å². The second-order valence-electron chi connectivity index (χ2n) is 4.76. The molecule has 2 N–H and O–H groups in total. The molecule has 0 atom stereocenters. The molecule has 0 saturated heterocycles. The minimum atomic E-state index is -0.649. The molecule has 0 radical (unpaired) electrons. The van der Waals surface area contributed by atoms with Crippen LogP contribution in [-0.4, -0.2) is 5.48 Å². The van der Waals surface area contributed by atoms with Gasteiger partial charge in [0.15, 0.2) is 0 Å². The van der Waals surface area contributed by atoms with E-state index in [9.17, 15) is 0 Å². The van der Waals surface area contributed by atoms with E-state index in [1.807, 2.05) is 54.6 Å². The standard InChI is InChI=1S/C19H15Cl.H2O/c20-19(16-10-4-1-5-11-16,17-12-6-2-7-13-17)18-14-8-3-9-15-18;/h1-15H;1H2. The van der Waals surface area contributed by atoms with E-state index in [1.165, 1.54) is 0 Å². The van der Waals surface area contributed by atoms with E-state index >= 15 is 0 Å². The summed E-state index contributed by atoms with van der Waals surface area (Å²) < 4.78 is 0. The SMILES string of the molecule is ClC(c1ccccc1)(c1ccccc1)c1ccccc1.O. The van der Waals surface area contributed by atoms with Crippen molar-refractivity contribution < 1.29 is 5.48 Å². The molecular weight excluding hydrogens is 280 g/mol. The molecule has 3 aromatic rings. The molecule has 21 heavy (non-hydrogen) atoms. The Kier molecular flexibility index (Phi) is 4.79. The van der Waals surface area contributed by atoms with Gasteiger partial charge in [0.05, 0.1) is 0 Å². The van der Waals surface area contributed by atoms with E-state index in [0.29, 0.717) is 0 Å². The van der Waals surface area contributed by atoms with Crippen LogP contribution in [0, 0.1) is 0 Å². The zero-order valence-corrected chi connectivity index (χ0v) is 12.3. The second-order valence-corrected chi connectivity index (χ2v) is 5.32. The Labute approximate surface area is 130 Å². The zero-order chi connectivity index (χ0) is 13.8. The molecule has 1 nitrogen and oxygen atoms in total. The molecule has 0 fully saturated rings. The molecule has 2 heteroatoms. The molecular formula is C19H17ClO. The van der Waals surface area contributed by atoms with Crippen LogP contribution in [0.15, 0.2) is 91.0 Å². The lowest BCUT2D eigenvalue weighted by Crippen LogP contribution is -2.22. The summed E-state index contributed by atoms with van der Waals surface area (Å²) in [5.41, 5.74) is 3.25. The van der Waals surface area contributed by atoms with E-state index in [0.717, 1.165) is 16.7 Å². The number of hydrogen-bond donors (Lipinski definition) is 0. The average molecular weight is 297 g/mol. The minimum Gasteiger partial charge on any atom is -0.412 e. The largest absolute Gasteiger partial charge is 0.412 e. The van der Waals surface area contributed by atoms with Crippen LogP contribution in [0.3, 0.4) is 0 Å². The Balaban J connectivity index is 0.00000161. The highest BCUT2D eigenvalue weighted by atomic mass is 35.5. The lowest BCUT2D eigenvalue weighted by molar-refractivity contribution is 0.824. The zero-order valence-electron chi connectivity index (χ0n) is 11.5. The van der Waals surface area contributed by atoms with Gasteiger partial charge in [-0.05, 0) is 16.7 Å². The molecule has 3 aromatic carbocycles. The molecule has 0 spiro atoms. The van der Waals surface area contributed by atoms with Crippen LogP contribution >= 0.6 is 11.6 Å².